The molecule has 0 saturated carbocycles. The highest BCUT2D eigenvalue weighted by molar-refractivity contribution is 7.92. The third-order valence-electron chi connectivity index (χ3n) is 4.82. The van der Waals surface area contributed by atoms with Crippen molar-refractivity contribution >= 4 is 38.3 Å². The number of ketones is 2. The van der Waals surface area contributed by atoms with Gasteiger partial charge in [0.05, 0.1) is 23.5 Å². The van der Waals surface area contributed by atoms with Gasteiger partial charge in [-0.05, 0) is 44.3 Å². The summed E-state index contributed by atoms with van der Waals surface area (Å²) in [5, 5.41) is 0.495. The summed E-state index contributed by atoms with van der Waals surface area (Å²) in [5.41, 5.74) is -0.154. The number of rotatable bonds is 10. The average molecular weight is 479 g/mol. The number of hydrogen-bond donors (Lipinski definition) is 2. The summed E-state index contributed by atoms with van der Waals surface area (Å²) in [6.45, 7) is 1.82. The number of Topliss-reactive ketones (excluding diaryl/α,β-unsaturated/α-hetero) is 2. The van der Waals surface area contributed by atoms with Gasteiger partial charge in [-0.3, -0.25) is 14.3 Å². The average Bonchev–Trinajstić information content (AvgIpc) is 3.13. The van der Waals surface area contributed by atoms with Crippen LogP contribution in [-0.4, -0.2) is 61.2 Å². The smallest absolute Gasteiger partial charge is 0.232 e. The van der Waals surface area contributed by atoms with Crippen LogP contribution < -0.4 is 4.72 Å². The maximum absolute atomic E-state index is 14.9. The zero-order valence-corrected chi connectivity index (χ0v) is 19.2. The summed E-state index contributed by atoms with van der Waals surface area (Å²) in [7, 11) is -0.316. The molecule has 3 rings (SSSR count). The van der Waals surface area contributed by atoms with E-state index in [0.29, 0.717) is 28.6 Å². The van der Waals surface area contributed by atoms with Crippen molar-refractivity contribution in [2.24, 2.45) is 0 Å². The quantitative estimate of drug-likeness (QED) is 0.433. The number of fused-ring (bicyclic) bond motifs is 1. The lowest BCUT2D eigenvalue weighted by Crippen LogP contribution is -2.21. The number of aromatic nitrogens is 2. The van der Waals surface area contributed by atoms with Crippen molar-refractivity contribution in [3.63, 3.8) is 0 Å². The molecule has 2 heterocycles. The number of carbonyl (C=O) groups excluding carboxylic acids is 2. The Kier molecular flexibility index (Phi) is 7.23. The standard InChI is InChI=1S/C22H24F2N4O4S/c1-4-7-33(31,32)27-17-6-5-16(23)20(21(17)24)18(29)9-13-8-14-15(19(30)12-28(2)3)11-26-22(14)25-10-13/h5-6,8,10-11,27H,4,7,9,12H2,1-3H3,(H,25,26). The number of hydrogen-bond acceptors (Lipinski definition) is 6. The van der Waals surface area contributed by atoms with Crippen LogP contribution in [0.1, 0.15) is 39.6 Å². The van der Waals surface area contributed by atoms with Crippen molar-refractivity contribution < 1.29 is 26.8 Å². The first kappa shape index (κ1) is 24.5. The van der Waals surface area contributed by atoms with E-state index in [0.717, 1.165) is 12.1 Å². The fraction of sp³-hybridized carbons (Fsp3) is 0.318. The van der Waals surface area contributed by atoms with Gasteiger partial charge in [0, 0.05) is 29.8 Å². The summed E-state index contributed by atoms with van der Waals surface area (Å²) in [6, 6.07) is 3.35. The molecule has 0 spiro atoms. The molecule has 0 amide bonds. The Balaban J connectivity index is 1.91. The van der Waals surface area contributed by atoms with Gasteiger partial charge in [-0.25, -0.2) is 22.2 Å². The van der Waals surface area contributed by atoms with Crippen molar-refractivity contribution in [2.45, 2.75) is 19.8 Å². The monoisotopic (exact) mass is 478 g/mol. The Labute approximate surface area is 190 Å². The molecule has 0 aliphatic rings. The number of halogens is 2. The number of H-pyrrole nitrogens is 1. The zero-order valence-electron chi connectivity index (χ0n) is 18.4. The Bertz CT molecular complexity index is 1320. The van der Waals surface area contributed by atoms with E-state index >= 15 is 0 Å². The van der Waals surface area contributed by atoms with E-state index in [9.17, 15) is 26.8 Å². The number of likely N-dealkylation sites (N-methyl/N-ethyl adjacent to an activating group) is 1. The molecule has 0 radical (unpaired) electrons. The predicted octanol–water partition coefficient (Wildman–Crippen LogP) is 3.16. The van der Waals surface area contributed by atoms with Crippen LogP contribution in [0.5, 0.6) is 0 Å². The normalized spacial score (nSPS) is 11.8. The van der Waals surface area contributed by atoms with Gasteiger partial charge >= 0.3 is 0 Å². The Morgan fingerprint density at radius 3 is 2.58 bits per heavy atom. The van der Waals surface area contributed by atoms with Crippen molar-refractivity contribution in [3.8, 4) is 0 Å². The molecule has 1 aromatic carbocycles. The maximum atomic E-state index is 14.9. The minimum Gasteiger partial charge on any atom is -0.345 e. The molecule has 0 saturated heterocycles. The SMILES string of the molecule is CCCS(=O)(=O)Nc1ccc(F)c(C(=O)Cc2cnc3[nH]cc(C(=O)CN(C)C)c3c2)c1F. The molecule has 176 valence electrons. The van der Waals surface area contributed by atoms with Crippen LogP contribution in [0, 0.1) is 11.6 Å². The van der Waals surface area contributed by atoms with Crippen molar-refractivity contribution in [1.82, 2.24) is 14.9 Å². The fourth-order valence-corrected chi connectivity index (χ4v) is 4.53. The van der Waals surface area contributed by atoms with Crippen LogP contribution in [0.2, 0.25) is 0 Å². The summed E-state index contributed by atoms with van der Waals surface area (Å²) in [5.74, 6) is -3.67. The predicted molar refractivity (Wildman–Crippen MR) is 121 cm³/mol. The van der Waals surface area contributed by atoms with E-state index in [1.54, 1.807) is 32.0 Å². The van der Waals surface area contributed by atoms with Gasteiger partial charge in [0.15, 0.2) is 17.4 Å². The molecule has 0 unspecified atom stereocenters. The van der Waals surface area contributed by atoms with Crippen molar-refractivity contribution in [1.29, 1.82) is 0 Å². The third kappa shape index (κ3) is 5.60. The second-order valence-corrected chi connectivity index (χ2v) is 9.75. The topological polar surface area (TPSA) is 112 Å². The molecule has 2 aromatic heterocycles. The lowest BCUT2D eigenvalue weighted by molar-refractivity contribution is 0.0957. The molecule has 0 bridgehead atoms. The van der Waals surface area contributed by atoms with Gasteiger partial charge in [-0.1, -0.05) is 6.92 Å². The molecule has 0 fully saturated rings. The number of carbonyl (C=O) groups is 2. The van der Waals surface area contributed by atoms with Gasteiger partial charge in [0.2, 0.25) is 10.0 Å². The number of anilines is 1. The molecule has 0 aliphatic carbocycles. The van der Waals surface area contributed by atoms with Crippen LogP contribution in [0.15, 0.2) is 30.6 Å². The van der Waals surface area contributed by atoms with E-state index in [2.05, 4.69) is 14.7 Å². The van der Waals surface area contributed by atoms with Gasteiger partial charge < -0.3 is 9.88 Å². The highest BCUT2D eigenvalue weighted by Crippen LogP contribution is 2.25. The fourth-order valence-electron chi connectivity index (χ4n) is 3.39. The third-order valence-corrected chi connectivity index (χ3v) is 6.30. The molecular weight excluding hydrogens is 454 g/mol. The molecule has 2 N–H and O–H groups in total. The first-order valence-electron chi connectivity index (χ1n) is 10.2. The highest BCUT2D eigenvalue weighted by atomic mass is 32.2. The van der Waals surface area contributed by atoms with E-state index in [1.165, 1.54) is 12.4 Å². The minimum atomic E-state index is -3.83. The zero-order chi connectivity index (χ0) is 24.3. The number of nitrogens with zero attached hydrogens (tertiary/aromatic N) is 2. The van der Waals surface area contributed by atoms with Gasteiger partial charge in [-0.2, -0.15) is 0 Å². The first-order chi connectivity index (χ1) is 15.5. The second kappa shape index (κ2) is 9.75. The summed E-state index contributed by atoms with van der Waals surface area (Å²) in [6.07, 6.45) is 2.81. The summed E-state index contributed by atoms with van der Waals surface area (Å²) >= 11 is 0. The lowest BCUT2D eigenvalue weighted by Gasteiger charge is -2.11. The Morgan fingerprint density at radius 2 is 1.91 bits per heavy atom. The second-order valence-electron chi connectivity index (χ2n) is 7.91. The summed E-state index contributed by atoms with van der Waals surface area (Å²) < 4.78 is 55.2. The van der Waals surface area contributed by atoms with Crippen LogP contribution in [0.3, 0.4) is 0 Å². The number of sulfonamides is 1. The Hall–Kier alpha value is -3.18. The van der Waals surface area contributed by atoms with Crippen molar-refractivity contribution in [2.75, 3.05) is 31.1 Å². The molecule has 8 nitrogen and oxygen atoms in total. The number of aromatic amines is 1. The molecule has 33 heavy (non-hydrogen) atoms. The van der Waals surface area contributed by atoms with Crippen molar-refractivity contribution in [3.05, 3.63) is 58.9 Å². The van der Waals surface area contributed by atoms with E-state index in [-0.39, 0.29) is 18.1 Å². The highest BCUT2D eigenvalue weighted by Gasteiger charge is 2.23. The summed E-state index contributed by atoms with van der Waals surface area (Å²) in [4.78, 5) is 34.0. The van der Waals surface area contributed by atoms with E-state index < -0.39 is 45.1 Å². The van der Waals surface area contributed by atoms with E-state index in [1.807, 2.05) is 0 Å². The van der Waals surface area contributed by atoms with Crippen LogP contribution in [0.25, 0.3) is 11.0 Å². The number of nitrogens with one attached hydrogen (secondary N) is 2. The largest absolute Gasteiger partial charge is 0.345 e. The first-order valence-corrected chi connectivity index (χ1v) is 11.8. The minimum absolute atomic E-state index is 0.152. The molecule has 0 aliphatic heterocycles. The van der Waals surface area contributed by atoms with Gasteiger partial charge in [0.1, 0.15) is 11.5 Å². The van der Waals surface area contributed by atoms with Crippen LogP contribution in [0.4, 0.5) is 14.5 Å². The maximum Gasteiger partial charge on any atom is 0.232 e. The number of pyridine rings is 1. The van der Waals surface area contributed by atoms with E-state index in [4.69, 9.17) is 0 Å². The number of benzene rings is 1. The van der Waals surface area contributed by atoms with Gasteiger partial charge in [-0.15, -0.1) is 0 Å². The molecular formula is C22H24F2N4O4S. The molecule has 11 heteroatoms. The molecule has 3 aromatic rings. The van der Waals surface area contributed by atoms with Crippen LogP contribution in [-0.2, 0) is 16.4 Å². The Morgan fingerprint density at radius 1 is 1.18 bits per heavy atom. The van der Waals surface area contributed by atoms with Gasteiger partial charge in [0.25, 0.3) is 0 Å². The van der Waals surface area contributed by atoms with Crippen LogP contribution >= 0.6 is 0 Å². The lowest BCUT2D eigenvalue weighted by atomic mass is 10.0. The molecule has 0 atom stereocenters.